The monoisotopic (exact) mass is 408 g/mol. The van der Waals surface area contributed by atoms with Gasteiger partial charge in [-0.25, -0.2) is 4.90 Å². The van der Waals surface area contributed by atoms with Crippen LogP contribution in [0.5, 0.6) is 11.5 Å². The summed E-state index contributed by atoms with van der Waals surface area (Å²) in [6.45, 7) is 0. The number of hydrogen-bond donors (Lipinski definition) is 1. The Balaban J connectivity index is 2.05. The third-order valence-electron chi connectivity index (χ3n) is 3.61. The first-order chi connectivity index (χ1) is 12.4. The van der Waals surface area contributed by atoms with Crippen LogP contribution in [0.15, 0.2) is 35.9 Å². The Morgan fingerprint density at radius 3 is 2.58 bits per heavy atom. The fourth-order valence-corrected chi connectivity index (χ4v) is 3.67. The van der Waals surface area contributed by atoms with E-state index in [0.717, 1.165) is 0 Å². The number of carbonyl (C=O) groups is 2. The molecule has 9 heteroatoms. The highest BCUT2D eigenvalue weighted by Gasteiger charge is 2.36. The number of rotatable bonds is 4. The minimum absolute atomic E-state index is 0.0233. The molecule has 0 atom stereocenters. The van der Waals surface area contributed by atoms with Gasteiger partial charge >= 0.3 is 0 Å². The summed E-state index contributed by atoms with van der Waals surface area (Å²) in [5.74, 6) is -0.163. The fraction of sp³-hybridized carbons (Fsp3) is 0.118. The summed E-state index contributed by atoms with van der Waals surface area (Å²) in [5.41, 5.74) is 0.355. The summed E-state index contributed by atoms with van der Waals surface area (Å²) in [6.07, 6.45) is 1.49. The van der Waals surface area contributed by atoms with Crippen molar-refractivity contribution in [1.82, 2.24) is 5.32 Å². The normalized spacial score (nSPS) is 16.0. The Hall–Kier alpha value is -2.42. The van der Waals surface area contributed by atoms with Gasteiger partial charge in [0.25, 0.3) is 11.8 Å². The van der Waals surface area contributed by atoms with Crippen molar-refractivity contribution in [2.24, 2.45) is 0 Å². The van der Waals surface area contributed by atoms with Gasteiger partial charge in [-0.2, -0.15) is 0 Å². The zero-order chi connectivity index (χ0) is 18.8. The van der Waals surface area contributed by atoms with Gasteiger partial charge in [-0.3, -0.25) is 14.9 Å². The van der Waals surface area contributed by atoms with Crippen molar-refractivity contribution in [3.8, 4) is 11.5 Å². The molecule has 2 aromatic rings. The number of amides is 2. The van der Waals surface area contributed by atoms with E-state index >= 15 is 0 Å². The molecule has 0 radical (unpaired) electrons. The van der Waals surface area contributed by atoms with E-state index in [9.17, 15) is 9.59 Å². The van der Waals surface area contributed by atoms with Crippen molar-refractivity contribution in [2.45, 2.75) is 0 Å². The van der Waals surface area contributed by atoms with Crippen LogP contribution in [0.2, 0.25) is 4.34 Å². The van der Waals surface area contributed by atoms with Gasteiger partial charge in [0.15, 0.2) is 5.11 Å². The summed E-state index contributed by atoms with van der Waals surface area (Å²) in [7, 11) is 3.00. The lowest BCUT2D eigenvalue weighted by Gasteiger charge is -2.29. The molecule has 3 rings (SSSR count). The van der Waals surface area contributed by atoms with E-state index in [1.807, 2.05) is 0 Å². The van der Waals surface area contributed by atoms with Crippen molar-refractivity contribution in [3.63, 3.8) is 0 Å². The van der Waals surface area contributed by atoms with Crippen LogP contribution in [0.4, 0.5) is 5.69 Å². The minimum atomic E-state index is -0.562. The molecule has 1 fully saturated rings. The third-order valence-corrected chi connectivity index (χ3v) is 5.07. The highest BCUT2D eigenvalue weighted by Crippen LogP contribution is 2.34. The van der Waals surface area contributed by atoms with Gasteiger partial charge in [0, 0.05) is 10.9 Å². The molecular weight excluding hydrogens is 396 g/mol. The van der Waals surface area contributed by atoms with Crippen molar-refractivity contribution in [3.05, 3.63) is 45.1 Å². The Bertz CT molecular complexity index is 939. The Kier molecular flexibility index (Phi) is 5.26. The highest BCUT2D eigenvalue weighted by atomic mass is 35.5. The van der Waals surface area contributed by atoms with E-state index in [-0.39, 0.29) is 10.7 Å². The zero-order valence-electron chi connectivity index (χ0n) is 13.7. The average molecular weight is 409 g/mol. The summed E-state index contributed by atoms with van der Waals surface area (Å²) in [6, 6.07) is 8.36. The standard InChI is InChI=1S/C17H13ClN2O4S2/c1-23-9-3-5-12(13(7-9)24-2)20-16(22)11(15(21)19-17(20)25)8-10-4-6-14(18)26-10/h3-8H,1-2H3,(H,19,21,25)/b11-8+. The molecule has 0 bridgehead atoms. The van der Waals surface area contributed by atoms with E-state index < -0.39 is 11.8 Å². The van der Waals surface area contributed by atoms with Gasteiger partial charge in [-0.15, -0.1) is 11.3 Å². The number of carbonyl (C=O) groups excluding carboxylic acids is 2. The minimum Gasteiger partial charge on any atom is -0.497 e. The molecule has 1 aromatic heterocycles. The van der Waals surface area contributed by atoms with E-state index in [1.54, 1.807) is 30.3 Å². The summed E-state index contributed by atoms with van der Waals surface area (Å²) in [5, 5.41) is 2.51. The summed E-state index contributed by atoms with van der Waals surface area (Å²) < 4.78 is 11.1. The van der Waals surface area contributed by atoms with Gasteiger partial charge in [-0.05, 0) is 42.6 Å². The number of benzene rings is 1. The van der Waals surface area contributed by atoms with Crippen molar-refractivity contribution >= 4 is 63.8 Å². The smallest absolute Gasteiger partial charge is 0.270 e. The maximum absolute atomic E-state index is 13.0. The molecule has 1 aromatic carbocycles. The number of ether oxygens (including phenoxy) is 2. The predicted molar refractivity (Wildman–Crippen MR) is 105 cm³/mol. The van der Waals surface area contributed by atoms with Crippen molar-refractivity contribution < 1.29 is 19.1 Å². The van der Waals surface area contributed by atoms with Crippen molar-refractivity contribution in [1.29, 1.82) is 0 Å². The van der Waals surface area contributed by atoms with E-state index in [2.05, 4.69) is 5.32 Å². The average Bonchev–Trinajstić information content (AvgIpc) is 3.03. The molecule has 1 aliphatic rings. The van der Waals surface area contributed by atoms with Crippen LogP contribution in [0.3, 0.4) is 0 Å². The number of nitrogens with one attached hydrogen (secondary N) is 1. The lowest BCUT2D eigenvalue weighted by atomic mass is 10.1. The molecule has 2 amide bonds. The molecule has 134 valence electrons. The third kappa shape index (κ3) is 3.44. The maximum atomic E-state index is 13.0. The molecule has 0 aliphatic carbocycles. The first-order valence-corrected chi connectivity index (χ1v) is 8.93. The first-order valence-electron chi connectivity index (χ1n) is 7.33. The van der Waals surface area contributed by atoms with E-state index in [4.69, 9.17) is 33.3 Å². The highest BCUT2D eigenvalue weighted by molar-refractivity contribution is 7.80. The predicted octanol–water partition coefficient (Wildman–Crippen LogP) is 3.25. The van der Waals surface area contributed by atoms with Crippen LogP contribution < -0.4 is 19.7 Å². The zero-order valence-corrected chi connectivity index (χ0v) is 16.1. The van der Waals surface area contributed by atoms with Crippen molar-refractivity contribution in [2.75, 3.05) is 19.1 Å². The van der Waals surface area contributed by atoms with Crippen LogP contribution in [0.1, 0.15) is 4.88 Å². The van der Waals surface area contributed by atoms with Gasteiger partial charge in [-0.1, -0.05) is 11.6 Å². The second-order valence-electron chi connectivity index (χ2n) is 5.14. The quantitative estimate of drug-likeness (QED) is 0.478. The molecule has 2 heterocycles. The molecule has 1 aliphatic heterocycles. The SMILES string of the molecule is COc1ccc(N2C(=O)/C(=C/c3ccc(Cl)s3)C(=O)NC2=S)c(OC)c1. The molecule has 1 saturated heterocycles. The number of thiophene rings is 1. The maximum Gasteiger partial charge on any atom is 0.270 e. The van der Waals surface area contributed by atoms with Gasteiger partial charge in [0.1, 0.15) is 17.1 Å². The number of hydrogen-bond acceptors (Lipinski definition) is 6. The summed E-state index contributed by atoms with van der Waals surface area (Å²) >= 11 is 12.4. The molecule has 6 nitrogen and oxygen atoms in total. The van der Waals surface area contributed by atoms with E-state index in [1.165, 1.54) is 36.5 Å². The second kappa shape index (κ2) is 7.45. The van der Waals surface area contributed by atoms with Crippen LogP contribution in [0.25, 0.3) is 6.08 Å². The van der Waals surface area contributed by atoms with E-state index in [0.29, 0.717) is 26.4 Å². The Morgan fingerprint density at radius 1 is 1.19 bits per heavy atom. The largest absolute Gasteiger partial charge is 0.497 e. The number of thiocarbonyl (C=S) groups is 1. The summed E-state index contributed by atoms with van der Waals surface area (Å²) in [4.78, 5) is 27.1. The lowest BCUT2D eigenvalue weighted by Crippen LogP contribution is -2.54. The number of halogens is 1. The lowest BCUT2D eigenvalue weighted by molar-refractivity contribution is -0.122. The molecule has 0 unspecified atom stereocenters. The topological polar surface area (TPSA) is 67.9 Å². The molecule has 0 saturated carbocycles. The number of nitrogens with zero attached hydrogens (tertiary/aromatic N) is 1. The molecule has 26 heavy (non-hydrogen) atoms. The molecular formula is C17H13ClN2O4S2. The Labute approximate surface area is 164 Å². The van der Waals surface area contributed by atoms with Crippen LogP contribution in [-0.2, 0) is 9.59 Å². The van der Waals surface area contributed by atoms with Gasteiger partial charge < -0.3 is 9.47 Å². The van der Waals surface area contributed by atoms with Crippen LogP contribution >= 0.6 is 35.2 Å². The Morgan fingerprint density at radius 2 is 1.96 bits per heavy atom. The number of anilines is 1. The van der Waals surface area contributed by atoms with Crippen LogP contribution in [0, 0.1) is 0 Å². The molecule has 1 N–H and O–H groups in total. The van der Waals surface area contributed by atoms with Gasteiger partial charge in [0.2, 0.25) is 0 Å². The number of methoxy groups -OCH3 is 2. The van der Waals surface area contributed by atoms with Gasteiger partial charge in [0.05, 0.1) is 24.2 Å². The fourth-order valence-electron chi connectivity index (χ4n) is 2.39. The second-order valence-corrected chi connectivity index (χ2v) is 7.27. The first kappa shape index (κ1) is 18.4. The molecule has 0 spiro atoms. The van der Waals surface area contributed by atoms with Crippen LogP contribution in [-0.4, -0.2) is 31.1 Å².